The van der Waals surface area contributed by atoms with Crippen molar-refractivity contribution in [3.05, 3.63) is 93.8 Å². The minimum absolute atomic E-state index is 0.0134. The second kappa shape index (κ2) is 9.92. The number of carbonyl (C=O) groups excluding carboxylic acids is 2. The predicted molar refractivity (Wildman–Crippen MR) is 137 cm³/mol. The molecule has 1 aliphatic heterocycles. The molecule has 3 aromatic rings. The van der Waals surface area contributed by atoms with E-state index in [0.717, 1.165) is 16.9 Å². The van der Waals surface area contributed by atoms with Gasteiger partial charge in [-0.3, -0.25) is 19.5 Å². The van der Waals surface area contributed by atoms with E-state index in [-0.39, 0.29) is 17.3 Å². The summed E-state index contributed by atoms with van der Waals surface area (Å²) in [7, 11) is 0. The van der Waals surface area contributed by atoms with Crippen LogP contribution in [0.2, 0.25) is 5.02 Å². The number of aliphatic hydroxyl groups is 1. The molecule has 1 atom stereocenters. The molecule has 35 heavy (non-hydrogen) atoms. The number of Topliss-reactive ketones (excluding diaryl/α,β-unsaturated/α-hetero) is 1. The third-order valence-corrected chi connectivity index (χ3v) is 6.34. The number of ether oxygens (including phenoxy) is 1. The molecule has 1 saturated heterocycles. The highest BCUT2D eigenvalue weighted by molar-refractivity contribution is 6.52. The smallest absolute Gasteiger partial charge is 0.300 e. The van der Waals surface area contributed by atoms with Crippen molar-refractivity contribution in [2.75, 3.05) is 11.5 Å². The van der Waals surface area contributed by atoms with Crippen LogP contribution >= 0.6 is 11.6 Å². The van der Waals surface area contributed by atoms with Crippen molar-refractivity contribution in [2.45, 2.75) is 39.7 Å². The first-order valence-electron chi connectivity index (χ1n) is 11.5. The van der Waals surface area contributed by atoms with Crippen LogP contribution in [0.5, 0.6) is 5.75 Å². The first kappa shape index (κ1) is 24.5. The van der Waals surface area contributed by atoms with Crippen LogP contribution < -0.4 is 9.64 Å². The van der Waals surface area contributed by atoms with Crippen molar-refractivity contribution < 1.29 is 19.4 Å². The Hall–Kier alpha value is -3.64. The molecule has 6 nitrogen and oxygen atoms in total. The molecule has 1 aromatic heterocycles. The van der Waals surface area contributed by atoms with E-state index >= 15 is 0 Å². The monoisotopic (exact) mass is 490 g/mol. The van der Waals surface area contributed by atoms with E-state index in [2.05, 4.69) is 4.98 Å². The second-order valence-electron chi connectivity index (χ2n) is 8.72. The molecule has 1 N–H and O–H groups in total. The molecule has 0 spiro atoms. The number of aliphatic hydroxyl groups excluding tert-OH is 1. The van der Waals surface area contributed by atoms with Gasteiger partial charge in [0.25, 0.3) is 11.7 Å². The number of benzene rings is 2. The fourth-order valence-corrected chi connectivity index (χ4v) is 4.54. The van der Waals surface area contributed by atoms with Crippen LogP contribution in [-0.2, 0) is 9.59 Å². The van der Waals surface area contributed by atoms with E-state index in [1.54, 1.807) is 54.9 Å². The number of aryl methyl sites for hydroxylation is 1. The lowest BCUT2D eigenvalue weighted by Gasteiger charge is -2.27. The molecule has 1 fully saturated rings. The van der Waals surface area contributed by atoms with Gasteiger partial charge in [-0.15, -0.1) is 0 Å². The van der Waals surface area contributed by atoms with E-state index in [1.807, 2.05) is 33.8 Å². The molecule has 0 aliphatic carbocycles. The van der Waals surface area contributed by atoms with E-state index in [1.165, 1.54) is 4.90 Å². The second-order valence-corrected chi connectivity index (χ2v) is 9.16. The summed E-state index contributed by atoms with van der Waals surface area (Å²) in [6.07, 6.45) is 3.18. The van der Waals surface area contributed by atoms with Crippen molar-refractivity contribution in [1.82, 2.24) is 4.98 Å². The van der Waals surface area contributed by atoms with Crippen LogP contribution in [0.15, 0.2) is 66.5 Å². The Morgan fingerprint density at radius 1 is 1.11 bits per heavy atom. The third kappa shape index (κ3) is 4.54. The van der Waals surface area contributed by atoms with Crippen LogP contribution in [0.25, 0.3) is 5.76 Å². The Labute approximate surface area is 209 Å². The molecule has 0 saturated carbocycles. The Balaban J connectivity index is 1.95. The van der Waals surface area contributed by atoms with Crippen molar-refractivity contribution in [2.24, 2.45) is 0 Å². The Morgan fingerprint density at radius 2 is 1.83 bits per heavy atom. The average molecular weight is 491 g/mol. The number of halogens is 1. The number of anilines is 1. The standard InChI is InChI=1S/C28H27ClN2O4/c1-5-35-23-9-7-19(14-21(23)16(2)3)26(32)24-25(18-10-12-30-13-11-18)31(28(34)27(24)33)22-15-20(29)8-6-17(22)4/h6-16,25,32H,5H2,1-4H3/b26-24-. The van der Waals surface area contributed by atoms with Crippen molar-refractivity contribution in [1.29, 1.82) is 0 Å². The van der Waals surface area contributed by atoms with Gasteiger partial charge < -0.3 is 9.84 Å². The van der Waals surface area contributed by atoms with E-state index in [9.17, 15) is 14.7 Å². The SMILES string of the molecule is CCOc1ccc(/C(O)=C2/C(=O)C(=O)N(c3cc(Cl)ccc3C)C2c2ccncc2)cc1C(C)C. The largest absolute Gasteiger partial charge is 0.507 e. The molecule has 0 radical (unpaired) electrons. The topological polar surface area (TPSA) is 79.7 Å². The van der Waals surface area contributed by atoms with Gasteiger partial charge in [0.15, 0.2) is 0 Å². The predicted octanol–water partition coefficient (Wildman–Crippen LogP) is 6.19. The maximum atomic E-state index is 13.4. The fourth-order valence-electron chi connectivity index (χ4n) is 4.37. The number of aromatic nitrogens is 1. The van der Waals surface area contributed by atoms with E-state index in [0.29, 0.717) is 28.4 Å². The fraction of sp³-hybridized carbons (Fsp3) is 0.250. The normalized spacial score (nSPS) is 17.3. The number of amides is 1. The summed E-state index contributed by atoms with van der Waals surface area (Å²) in [4.78, 5) is 32.2. The van der Waals surface area contributed by atoms with Gasteiger partial charge in [-0.1, -0.05) is 31.5 Å². The summed E-state index contributed by atoms with van der Waals surface area (Å²) in [5, 5.41) is 11.9. The van der Waals surface area contributed by atoms with Crippen LogP contribution in [0.4, 0.5) is 5.69 Å². The number of hydrogen-bond donors (Lipinski definition) is 1. The maximum Gasteiger partial charge on any atom is 0.300 e. The summed E-state index contributed by atoms with van der Waals surface area (Å²) in [5.41, 5.74) is 3.29. The number of rotatable bonds is 6. The van der Waals surface area contributed by atoms with Gasteiger partial charge in [0.1, 0.15) is 11.5 Å². The summed E-state index contributed by atoms with van der Waals surface area (Å²) in [6.45, 7) is 8.32. The molecule has 2 heterocycles. The number of carbonyl (C=O) groups is 2. The first-order valence-corrected chi connectivity index (χ1v) is 11.9. The van der Waals surface area contributed by atoms with Crippen molar-refractivity contribution in [3.8, 4) is 5.75 Å². The average Bonchev–Trinajstić information content (AvgIpc) is 3.11. The zero-order valence-corrected chi connectivity index (χ0v) is 20.8. The van der Waals surface area contributed by atoms with Crippen LogP contribution in [0.1, 0.15) is 55.0 Å². The summed E-state index contributed by atoms with van der Waals surface area (Å²) < 4.78 is 5.74. The molecule has 1 aliphatic rings. The number of pyridine rings is 1. The molecular weight excluding hydrogens is 464 g/mol. The lowest BCUT2D eigenvalue weighted by molar-refractivity contribution is -0.132. The Bertz CT molecular complexity index is 1320. The number of nitrogens with zero attached hydrogens (tertiary/aromatic N) is 2. The van der Waals surface area contributed by atoms with Gasteiger partial charge in [0.2, 0.25) is 0 Å². The lowest BCUT2D eigenvalue weighted by Crippen LogP contribution is -2.30. The van der Waals surface area contributed by atoms with E-state index in [4.69, 9.17) is 16.3 Å². The van der Waals surface area contributed by atoms with Gasteiger partial charge in [-0.05, 0) is 78.9 Å². The molecular formula is C28H27ClN2O4. The molecule has 180 valence electrons. The molecule has 1 amide bonds. The summed E-state index contributed by atoms with van der Waals surface area (Å²) in [5.74, 6) is -0.883. The third-order valence-electron chi connectivity index (χ3n) is 6.10. The molecule has 2 aromatic carbocycles. The minimum Gasteiger partial charge on any atom is -0.507 e. The van der Waals surface area contributed by atoms with E-state index < -0.39 is 17.7 Å². The highest BCUT2D eigenvalue weighted by Crippen LogP contribution is 2.44. The van der Waals surface area contributed by atoms with Crippen LogP contribution in [0, 0.1) is 6.92 Å². The van der Waals surface area contributed by atoms with Gasteiger partial charge >= 0.3 is 0 Å². The molecule has 4 rings (SSSR count). The Kier molecular flexibility index (Phi) is 6.94. The Morgan fingerprint density at radius 3 is 2.49 bits per heavy atom. The zero-order chi connectivity index (χ0) is 25.3. The number of ketones is 1. The van der Waals surface area contributed by atoms with Gasteiger partial charge in [0.05, 0.1) is 18.2 Å². The zero-order valence-electron chi connectivity index (χ0n) is 20.1. The van der Waals surface area contributed by atoms with Gasteiger partial charge in [0, 0.05) is 28.7 Å². The van der Waals surface area contributed by atoms with Crippen LogP contribution in [-0.4, -0.2) is 28.4 Å². The number of hydrogen-bond acceptors (Lipinski definition) is 5. The quantitative estimate of drug-likeness (QED) is 0.253. The highest BCUT2D eigenvalue weighted by Gasteiger charge is 2.47. The lowest BCUT2D eigenvalue weighted by atomic mass is 9.93. The summed E-state index contributed by atoms with van der Waals surface area (Å²) in [6, 6.07) is 13.1. The molecule has 7 heteroatoms. The minimum atomic E-state index is -0.843. The van der Waals surface area contributed by atoms with Crippen molar-refractivity contribution in [3.63, 3.8) is 0 Å². The van der Waals surface area contributed by atoms with Gasteiger partial charge in [-0.2, -0.15) is 0 Å². The molecule has 1 unspecified atom stereocenters. The molecule has 0 bridgehead atoms. The first-order chi connectivity index (χ1) is 16.7. The van der Waals surface area contributed by atoms with Crippen LogP contribution in [0.3, 0.4) is 0 Å². The highest BCUT2D eigenvalue weighted by atomic mass is 35.5. The van der Waals surface area contributed by atoms with Crippen molar-refractivity contribution >= 4 is 34.7 Å². The maximum absolute atomic E-state index is 13.4. The summed E-state index contributed by atoms with van der Waals surface area (Å²) >= 11 is 6.25. The van der Waals surface area contributed by atoms with Gasteiger partial charge in [-0.25, -0.2) is 0 Å².